The Morgan fingerprint density at radius 2 is 1.02 bits per heavy atom. The van der Waals surface area contributed by atoms with Crippen molar-refractivity contribution in [3.05, 3.63) is 34.9 Å². The van der Waals surface area contributed by atoms with Crippen LogP contribution in [0.5, 0.6) is 0 Å². The van der Waals surface area contributed by atoms with Gasteiger partial charge in [0.25, 0.3) is 0 Å². The van der Waals surface area contributed by atoms with E-state index < -0.39 is 75.1 Å². The summed E-state index contributed by atoms with van der Waals surface area (Å²) in [5.74, 6) is -5.16. The normalized spacial score (nSPS) is 21.5. The van der Waals surface area contributed by atoms with Crippen LogP contribution >= 0.6 is 0 Å². The van der Waals surface area contributed by atoms with Gasteiger partial charge in [0.1, 0.15) is 0 Å². The van der Waals surface area contributed by atoms with Gasteiger partial charge in [0.2, 0.25) is 0 Å². The minimum atomic E-state index is -5.20. The van der Waals surface area contributed by atoms with Crippen LogP contribution in [0.1, 0.15) is 131 Å². The molecule has 268 valence electrons. The van der Waals surface area contributed by atoms with Gasteiger partial charge in [-0.1, -0.05) is 0 Å². The van der Waals surface area contributed by atoms with E-state index in [1.54, 1.807) is 20.8 Å². The van der Waals surface area contributed by atoms with Crippen LogP contribution in [0.3, 0.4) is 0 Å². The van der Waals surface area contributed by atoms with Crippen LogP contribution in [0.2, 0.25) is 8.87 Å². The molecular weight excluding hydrogens is 838 g/mol. The predicted molar refractivity (Wildman–Crippen MR) is 180 cm³/mol. The summed E-state index contributed by atoms with van der Waals surface area (Å²) in [6.07, 6.45) is 14.3. The summed E-state index contributed by atoms with van der Waals surface area (Å²) in [5, 5.41) is 0. The molecule has 0 aromatic carbocycles. The van der Waals surface area contributed by atoms with E-state index in [-0.39, 0.29) is 44.9 Å². The molecule has 2 heterocycles. The van der Waals surface area contributed by atoms with Crippen molar-refractivity contribution in [2.24, 2.45) is 0 Å². The van der Waals surface area contributed by atoms with E-state index in [0.29, 0.717) is 12.8 Å². The van der Waals surface area contributed by atoms with Gasteiger partial charge in [0.05, 0.1) is 0 Å². The summed E-state index contributed by atoms with van der Waals surface area (Å²) < 4.78 is 34.3. The second kappa shape index (κ2) is 21.7. The molecule has 0 bridgehead atoms. The van der Waals surface area contributed by atoms with Crippen LogP contribution in [0.25, 0.3) is 0 Å². The first-order valence-corrected chi connectivity index (χ1v) is 28.5. The van der Waals surface area contributed by atoms with Gasteiger partial charge in [-0.15, -0.1) is 0 Å². The van der Waals surface area contributed by atoms with Crippen molar-refractivity contribution < 1.29 is 47.2 Å². The number of unbranched alkanes of at least 4 members (excludes halogenated alkanes) is 10. The number of carbonyl (C=O) groups excluding carboxylic acids is 6. The molecule has 0 aromatic heterocycles. The van der Waals surface area contributed by atoms with Gasteiger partial charge in [0.15, 0.2) is 0 Å². The fourth-order valence-corrected chi connectivity index (χ4v) is 18.2. The summed E-state index contributed by atoms with van der Waals surface area (Å²) in [4.78, 5) is 78.0. The first-order chi connectivity index (χ1) is 23.0. The molecule has 48 heavy (non-hydrogen) atoms. The van der Waals surface area contributed by atoms with Gasteiger partial charge < -0.3 is 0 Å². The Labute approximate surface area is 295 Å². The first-order valence-electron chi connectivity index (χ1n) is 17.5. The molecule has 0 radical (unpaired) electrons. The maximum atomic E-state index is 13.5. The molecule has 0 saturated heterocycles. The van der Waals surface area contributed by atoms with Crippen molar-refractivity contribution in [3.63, 3.8) is 0 Å². The molecule has 0 aromatic rings. The molecule has 0 N–H and O–H groups in total. The second-order valence-electron chi connectivity index (χ2n) is 11.9. The zero-order chi connectivity index (χ0) is 35.6. The third-order valence-corrected chi connectivity index (χ3v) is 22.1. The molecule has 2 unspecified atom stereocenters. The van der Waals surface area contributed by atoms with Crippen molar-refractivity contribution in [1.82, 2.24) is 0 Å². The van der Waals surface area contributed by atoms with Crippen LogP contribution in [-0.2, 0) is 47.2 Å². The fraction of sp³-hybridized carbons (Fsp3) is 0.647. The molecule has 14 heteroatoms. The van der Waals surface area contributed by atoms with E-state index in [1.807, 2.05) is 0 Å². The molecule has 0 saturated carbocycles. The van der Waals surface area contributed by atoms with Gasteiger partial charge >= 0.3 is 297 Å². The van der Waals surface area contributed by atoms with Crippen molar-refractivity contribution >= 4 is 75.1 Å². The van der Waals surface area contributed by atoms with Crippen LogP contribution in [0, 0.1) is 0 Å². The van der Waals surface area contributed by atoms with E-state index >= 15 is 0 Å². The van der Waals surface area contributed by atoms with Crippen molar-refractivity contribution in [2.75, 3.05) is 0 Å². The van der Waals surface area contributed by atoms with Crippen molar-refractivity contribution in [1.29, 1.82) is 0 Å². The van der Waals surface area contributed by atoms with Crippen LogP contribution in [0.15, 0.2) is 34.9 Å². The Hall–Kier alpha value is -2.36. The first kappa shape index (κ1) is 41.8. The number of carbonyl (C=O) groups is 6. The average molecular weight is 890 g/mol. The van der Waals surface area contributed by atoms with E-state index in [1.165, 1.54) is 0 Å². The Morgan fingerprint density at radius 1 is 0.604 bits per heavy atom. The maximum absolute atomic E-state index is 13.5. The summed E-state index contributed by atoms with van der Waals surface area (Å²) >= 11 is -10.4. The zero-order valence-corrected chi connectivity index (χ0v) is 34.9. The van der Waals surface area contributed by atoms with Crippen molar-refractivity contribution in [3.8, 4) is 0 Å². The SMILES string of the molecule is CCCCCCC[CH2][Sn]1([O]C(=O)/C=C(/CC)C(=O)[O][Sn]2([CH2]CCCCCCC)[O]C(=O)C=C(CC)C(=O)[O]2)[O]C(=O)C=C(CC)C(=O)[O]1. The van der Waals surface area contributed by atoms with Gasteiger partial charge in [-0.05, 0) is 0 Å². The molecule has 2 aliphatic rings. The standard InChI is InChI=1S/2C8H17.3C6H8O4.2Sn/c2*1-3-5-7-8-6-4-2;3*1-2-4(6(9)10)3-5(7)8;;/h2*1,3-8H2,2H3;3*3H,2H2,1H3,(H,7,8)(H,9,10);;/q;;;;;2*+3/p-6/b;;4-3-;;;;. The van der Waals surface area contributed by atoms with Gasteiger partial charge in [0, 0.05) is 0 Å². The molecule has 0 fully saturated rings. The quantitative estimate of drug-likeness (QED) is 0.0670. The third kappa shape index (κ3) is 13.9. The minimum absolute atomic E-state index is 0.00825. The monoisotopic (exact) mass is 892 g/mol. The van der Waals surface area contributed by atoms with E-state index in [4.69, 9.17) is 18.4 Å². The Morgan fingerprint density at radius 3 is 1.44 bits per heavy atom. The summed E-state index contributed by atoms with van der Waals surface area (Å²) in [7, 11) is 0. The predicted octanol–water partition coefficient (Wildman–Crippen LogP) is 6.88. The third-order valence-electron chi connectivity index (χ3n) is 7.99. The topological polar surface area (TPSA) is 158 Å². The molecule has 2 rings (SSSR count). The summed E-state index contributed by atoms with van der Waals surface area (Å²) in [6, 6.07) is 0. The average Bonchev–Trinajstić information content (AvgIpc) is 3.24. The Balaban J connectivity index is 2.29. The Kier molecular flexibility index (Phi) is 18.9. The molecule has 0 aliphatic carbocycles. The molecule has 0 amide bonds. The van der Waals surface area contributed by atoms with Crippen LogP contribution in [-0.4, -0.2) is 75.1 Å². The number of rotatable bonds is 21. The van der Waals surface area contributed by atoms with Crippen LogP contribution < -0.4 is 0 Å². The molecule has 2 aliphatic heterocycles. The molecule has 12 nitrogen and oxygen atoms in total. The van der Waals surface area contributed by atoms with E-state index in [0.717, 1.165) is 82.4 Å². The van der Waals surface area contributed by atoms with E-state index in [2.05, 4.69) is 13.8 Å². The molecule has 0 spiro atoms. The van der Waals surface area contributed by atoms with Crippen LogP contribution in [0.4, 0.5) is 0 Å². The van der Waals surface area contributed by atoms with E-state index in [9.17, 15) is 28.8 Å². The Bertz CT molecular complexity index is 1260. The second-order valence-corrected chi connectivity index (χ2v) is 26.0. The number of hydrogen-bond acceptors (Lipinski definition) is 12. The van der Waals surface area contributed by atoms with Gasteiger partial charge in [-0.25, -0.2) is 0 Å². The van der Waals surface area contributed by atoms with Crippen molar-refractivity contribution in [2.45, 2.75) is 140 Å². The number of hydrogen-bond donors (Lipinski definition) is 0. The molecular formula is C34H52O12Sn2. The van der Waals surface area contributed by atoms with Gasteiger partial charge in [-0.2, -0.15) is 0 Å². The zero-order valence-electron chi connectivity index (χ0n) is 29.2. The summed E-state index contributed by atoms with van der Waals surface area (Å²) in [6.45, 7) is 9.21. The fourth-order valence-electron chi connectivity index (χ4n) is 5.19. The molecule has 2 atom stereocenters. The summed E-state index contributed by atoms with van der Waals surface area (Å²) in [5.41, 5.74) is 0.0878. The van der Waals surface area contributed by atoms with Gasteiger partial charge in [-0.3, -0.25) is 0 Å².